The minimum Gasteiger partial charge on any atom is -0.493 e. The first-order valence-electron chi connectivity index (χ1n) is 10.2. The third kappa shape index (κ3) is 6.11. The normalized spacial score (nSPS) is 15.7. The van der Waals surface area contributed by atoms with E-state index in [1.165, 1.54) is 62.6 Å². The summed E-state index contributed by atoms with van der Waals surface area (Å²) in [4.78, 5) is 0. The lowest BCUT2D eigenvalue weighted by Crippen LogP contribution is -2.88. The highest BCUT2D eigenvalue weighted by Crippen LogP contribution is 2.29. The summed E-state index contributed by atoms with van der Waals surface area (Å²) in [5.41, 5.74) is 1.97. The smallest absolute Gasteiger partial charge is 0.161 e. The van der Waals surface area contributed by atoms with E-state index in [1.54, 1.807) is 13.2 Å². The number of nitrogens with two attached hydrogens (primary N) is 1. The second kappa shape index (κ2) is 10.7. The fourth-order valence-electron chi connectivity index (χ4n) is 3.78. The Balaban J connectivity index is 1.58. The number of quaternary nitrogens is 1. The Hall–Kier alpha value is -1.78. The predicted molar refractivity (Wildman–Crippen MR) is 110 cm³/mol. The molecule has 2 aromatic carbocycles. The molecule has 0 aromatic heterocycles. The monoisotopic (exact) mass is 406 g/mol. The maximum atomic E-state index is 13.2. The quantitative estimate of drug-likeness (QED) is 0.682. The predicted octanol–water partition coefficient (Wildman–Crippen LogP) is 5.24. The Bertz CT molecular complexity index is 760. The molecular formula is C23H30ClFNO2+. The van der Waals surface area contributed by atoms with Crippen LogP contribution in [-0.2, 0) is 13.2 Å². The summed E-state index contributed by atoms with van der Waals surface area (Å²) in [6.45, 7) is 1.22. The Morgan fingerprint density at radius 1 is 1.00 bits per heavy atom. The number of benzene rings is 2. The van der Waals surface area contributed by atoms with Gasteiger partial charge in [0.25, 0.3) is 0 Å². The Morgan fingerprint density at radius 2 is 1.75 bits per heavy atom. The molecule has 3 nitrogen and oxygen atoms in total. The molecule has 5 heteroatoms. The molecule has 0 unspecified atom stereocenters. The summed E-state index contributed by atoms with van der Waals surface area (Å²) >= 11 is 6.08. The van der Waals surface area contributed by atoms with Gasteiger partial charge in [-0.2, -0.15) is 0 Å². The Labute approximate surface area is 172 Å². The van der Waals surface area contributed by atoms with E-state index in [0.29, 0.717) is 16.5 Å². The van der Waals surface area contributed by atoms with Gasteiger partial charge in [-0.15, -0.1) is 0 Å². The average molecular weight is 407 g/mol. The van der Waals surface area contributed by atoms with Crippen LogP contribution in [0.4, 0.5) is 4.39 Å². The van der Waals surface area contributed by atoms with Crippen molar-refractivity contribution in [3.63, 3.8) is 0 Å². The van der Waals surface area contributed by atoms with Crippen molar-refractivity contribution in [3.8, 4) is 11.5 Å². The summed E-state index contributed by atoms with van der Waals surface area (Å²) in [6.07, 6.45) is 9.49. The van der Waals surface area contributed by atoms with Crippen LogP contribution in [0.2, 0.25) is 5.02 Å². The van der Waals surface area contributed by atoms with Crippen LogP contribution in [0.25, 0.3) is 0 Å². The number of hydrogen-bond acceptors (Lipinski definition) is 2. The van der Waals surface area contributed by atoms with Gasteiger partial charge in [0, 0.05) is 11.1 Å². The van der Waals surface area contributed by atoms with Gasteiger partial charge in [0.2, 0.25) is 0 Å². The van der Waals surface area contributed by atoms with Gasteiger partial charge in [-0.1, -0.05) is 36.9 Å². The van der Waals surface area contributed by atoms with Crippen molar-refractivity contribution in [3.05, 3.63) is 58.4 Å². The lowest BCUT2D eigenvalue weighted by atomic mass is 9.96. The molecule has 0 spiro atoms. The number of rotatable bonds is 7. The number of ether oxygens (including phenoxy) is 2. The van der Waals surface area contributed by atoms with E-state index in [9.17, 15) is 4.39 Å². The second-order valence-corrected chi connectivity index (χ2v) is 7.96. The number of halogens is 2. The zero-order chi connectivity index (χ0) is 19.8. The topological polar surface area (TPSA) is 35.1 Å². The van der Waals surface area contributed by atoms with Gasteiger partial charge in [0.05, 0.1) is 18.2 Å². The fourth-order valence-corrected chi connectivity index (χ4v) is 4.00. The molecule has 1 saturated carbocycles. The summed E-state index contributed by atoms with van der Waals surface area (Å²) in [7, 11) is 1.65. The summed E-state index contributed by atoms with van der Waals surface area (Å²) in [6, 6.07) is 11.1. The van der Waals surface area contributed by atoms with Crippen molar-refractivity contribution in [2.45, 2.75) is 64.1 Å². The van der Waals surface area contributed by atoms with Crippen LogP contribution in [-0.4, -0.2) is 13.2 Å². The van der Waals surface area contributed by atoms with E-state index in [-0.39, 0.29) is 12.4 Å². The van der Waals surface area contributed by atoms with Crippen molar-refractivity contribution in [1.29, 1.82) is 0 Å². The van der Waals surface area contributed by atoms with Gasteiger partial charge < -0.3 is 14.8 Å². The van der Waals surface area contributed by atoms with Gasteiger partial charge in [0.15, 0.2) is 11.5 Å². The molecule has 1 fully saturated rings. The fraction of sp³-hybridized carbons (Fsp3) is 0.478. The third-order valence-electron chi connectivity index (χ3n) is 5.46. The van der Waals surface area contributed by atoms with Gasteiger partial charge in [-0.3, -0.25) is 0 Å². The number of methoxy groups -OCH3 is 1. The van der Waals surface area contributed by atoms with Crippen molar-refractivity contribution in [2.24, 2.45) is 0 Å². The van der Waals surface area contributed by atoms with Crippen LogP contribution in [0.15, 0.2) is 36.4 Å². The maximum absolute atomic E-state index is 13.2. The van der Waals surface area contributed by atoms with E-state index in [0.717, 1.165) is 18.2 Å². The maximum Gasteiger partial charge on any atom is 0.161 e. The first-order valence-corrected chi connectivity index (χ1v) is 10.6. The summed E-state index contributed by atoms with van der Waals surface area (Å²) < 4.78 is 24.6. The highest BCUT2D eigenvalue weighted by Gasteiger charge is 2.15. The molecule has 2 aromatic rings. The van der Waals surface area contributed by atoms with E-state index >= 15 is 0 Å². The zero-order valence-corrected chi connectivity index (χ0v) is 17.3. The lowest BCUT2D eigenvalue weighted by molar-refractivity contribution is -0.706. The lowest BCUT2D eigenvalue weighted by Gasteiger charge is -2.18. The molecule has 0 aliphatic heterocycles. The molecule has 1 aliphatic carbocycles. The standard InChI is InChI=1S/C23H29ClFNO2/c1-27-23-13-17(15-26-20-7-5-3-2-4-6-8-20)9-12-22(23)28-16-18-10-11-19(25)14-21(18)24/h9-14,20,26H,2-8,15-16H2,1H3/p+1. The van der Waals surface area contributed by atoms with E-state index in [4.69, 9.17) is 21.1 Å². The highest BCUT2D eigenvalue weighted by atomic mass is 35.5. The van der Waals surface area contributed by atoms with Crippen LogP contribution < -0.4 is 14.8 Å². The van der Waals surface area contributed by atoms with E-state index in [1.807, 2.05) is 12.1 Å². The van der Waals surface area contributed by atoms with E-state index < -0.39 is 0 Å². The van der Waals surface area contributed by atoms with Crippen LogP contribution in [0.5, 0.6) is 11.5 Å². The molecule has 0 saturated heterocycles. The van der Waals surface area contributed by atoms with Crippen molar-refractivity contribution < 1.29 is 19.2 Å². The largest absolute Gasteiger partial charge is 0.493 e. The van der Waals surface area contributed by atoms with Crippen molar-refractivity contribution in [1.82, 2.24) is 0 Å². The SMILES string of the molecule is COc1cc(C[NH2+]C2CCCCCCC2)ccc1OCc1ccc(F)cc1Cl. The highest BCUT2D eigenvalue weighted by molar-refractivity contribution is 6.31. The summed E-state index contributed by atoms with van der Waals surface area (Å²) in [5, 5.41) is 2.84. The van der Waals surface area contributed by atoms with Gasteiger partial charge in [-0.05, 0) is 56.0 Å². The molecule has 0 radical (unpaired) electrons. The molecule has 0 amide bonds. The van der Waals surface area contributed by atoms with E-state index in [2.05, 4.69) is 11.4 Å². The molecule has 0 heterocycles. The molecule has 1 aliphatic rings. The minimum atomic E-state index is -0.351. The molecule has 152 valence electrons. The van der Waals surface area contributed by atoms with Crippen molar-refractivity contribution in [2.75, 3.05) is 7.11 Å². The van der Waals surface area contributed by atoms with Crippen LogP contribution in [0, 0.1) is 5.82 Å². The van der Waals surface area contributed by atoms with Gasteiger partial charge in [-0.25, -0.2) is 4.39 Å². The van der Waals surface area contributed by atoms with Crippen molar-refractivity contribution >= 4 is 11.6 Å². The third-order valence-corrected chi connectivity index (χ3v) is 5.81. The van der Waals surface area contributed by atoms with Gasteiger partial charge >= 0.3 is 0 Å². The van der Waals surface area contributed by atoms with Gasteiger partial charge in [0.1, 0.15) is 19.0 Å². The molecule has 0 bridgehead atoms. The molecule has 28 heavy (non-hydrogen) atoms. The molecule has 3 rings (SSSR count). The van der Waals surface area contributed by atoms with Crippen LogP contribution in [0.3, 0.4) is 0 Å². The molecule has 2 N–H and O–H groups in total. The minimum absolute atomic E-state index is 0.267. The first kappa shape index (κ1) is 20.9. The average Bonchev–Trinajstić information content (AvgIpc) is 2.67. The zero-order valence-electron chi connectivity index (χ0n) is 16.6. The summed E-state index contributed by atoms with van der Waals surface area (Å²) in [5.74, 6) is 1.02. The number of hydrogen-bond donors (Lipinski definition) is 1. The van der Waals surface area contributed by atoms with Crippen LogP contribution >= 0.6 is 11.6 Å². The Kier molecular flexibility index (Phi) is 7.99. The van der Waals surface area contributed by atoms with Crippen LogP contribution in [0.1, 0.15) is 56.1 Å². The Morgan fingerprint density at radius 3 is 2.46 bits per heavy atom. The first-order chi connectivity index (χ1) is 13.7. The molecule has 0 atom stereocenters. The second-order valence-electron chi connectivity index (χ2n) is 7.55. The molecular weight excluding hydrogens is 377 g/mol.